The summed E-state index contributed by atoms with van der Waals surface area (Å²) in [6.07, 6.45) is 1.15. The van der Waals surface area contributed by atoms with E-state index < -0.39 is 11.6 Å². The predicted molar refractivity (Wildman–Crippen MR) is 107 cm³/mol. The molecular weight excluding hydrogens is 375 g/mol. The molecule has 0 radical (unpaired) electrons. The number of carboxylic acid groups (broad SMARTS) is 1. The van der Waals surface area contributed by atoms with Gasteiger partial charge in [0.2, 0.25) is 0 Å². The lowest BCUT2D eigenvalue weighted by Gasteiger charge is -2.23. The summed E-state index contributed by atoms with van der Waals surface area (Å²) in [4.78, 5) is 10.8. The zero-order chi connectivity index (χ0) is 21.2. The summed E-state index contributed by atoms with van der Waals surface area (Å²) in [6.45, 7) is 6.44. The molecular formula is C23H27FO5. The van der Waals surface area contributed by atoms with E-state index in [9.17, 15) is 9.18 Å². The number of methoxy groups -OCH3 is 1. The summed E-state index contributed by atoms with van der Waals surface area (Å²) in [5, 5.41) is 8.89. The first-order chi connectivity index (χ1) is 13.7. The topological polar surface area (TPSA) is 65.0 Å². The molecule has 3 rings (SSSR count). The Labute approximate surface area is 170 Å². The van der Waals surface area contributed by atoms with Crippen LogP contribution in [0.4, 0.5) is 4.39 Å². The highest BCUT2D eigenvalue weighted by atomic mass is 19.1. The number of benzene rings is 2. The first-order valence-electron chi connectivity index (χ1n) is 9.65. The van der Waals surface area contributed by atoms with Crippen molar-refractivity contribution >= 4 is 5.97 Å². The van der Waals surface area contributed by atoms with Gasteiger partial charge in [-0.15, -0.1) is 0 Å². The second-order valence-electron chi connectivity index (χ2n) is 7.87. The molecule has 2 aromatic rings. The van der Waals surface area contributed by atoms with Crippen LogP contribution in [0.2, 0.25) is 0 Å². The predicted octanol–water partition coefficient (Wildman–Crippen LogP) is 4.38. The minimum absolute atomic E-state index is 0.0908. The lowest BCUT2D eigenvalue weighted by atomic mass is 9.98. The maximum absolute atomic E-state index is 14.1. The first-order valence-corrected chi connectivity index (χ1v) is 9.65. The fraction of sp³-hybridized carbons (Fsp3) is 0.435. The van der Waals surface area contributed by atoms with Gasteiger partial charge in [0.05, 0.1) is 6.61 Å². The van der Waals surface area contributed by atoms with Crippen LogP contribution in [0.1, 0.15) is 41.2 Å². The summed E-state index contributed by atoms with van der Waals surface area (Å²) in [5.74, 6) is 0.225. The highest BCUT2D eigenvalue weighted by Crippen LogP contribution is 2.39. The monoisotopic (exact) mass is 402 g/mol. The van der Waals surface area contributed by atoms with Crippen LogP contribution >= 0.6 is 0 Å². The quantitative estimate of drug-likeness (QED) is 0.710. The largest absolute Gasteiger partial charge is 0.488 e. The Morgan fingerprint density at radius 2 is 2.00 bits per heavy atom. The Morgan fingerprint density at radius 1 is 1.24 bits per heavy atom. The van der Waals surface area contributed by atoms with Crippen molar-refractivity contribution in [3.63, 3.8) is 0 Å². The summed E-state index contributed by atoms with van der Waals surface area (Å²) < 4.78 is 31.5. The van der Waals surface area contributed by atoms with Gasteiger partial charge in [0.15, 0.2) is 0 Å². The molecule has 0 fully saturated rings. The minimum atomic E-state index is -0.817. The van der Waals surface area contributed by atoms with Crippen LogP contribution in [0.25, 0.3) is 0 Å². The van der Waals surface area contributed by atoms with Gasteiger partial charge < -0.3 is 19.3 Å². The molecule has 1 aliphatic rings. The summed E-state index contributed by atoms with van der Waals surface area (Å²) in [7, 11) is 1.62. The fourth-order valence-electron chi connectivity index (χ4n) is 3.83. The number of carbonyl (C=O) groups is 1. The number of aryl methyl sites for hydroxylation is 1. The van der Waals surface area contributed by atoms with Crippen molar-refractivity contribution in [2.45, 2.75) is 52.2 Å². The molecule has 0 amide bonds. The van der Waals surface area contributed by atoms with E-state index in [4.69, 9.17) is 19.3 Å². The fourth-order valence-corrected chi connectivity index (χ4v) is 3.83. The first kappa shape index (κ1) is 21.1. The maximum atomic E-state index is 14.1. The number of hydrogen-bond acceptors (Lipinski definition) is 4. The van der Waals surface area contributed by atoms with Gasteiger partial charge >= 0.3 is 5.97 Å². The van der Waals surface area contributed by atoms with Crippen LogP contribution in [-0.2, 0) is 29.0 Å². The van der Waals surface area contributed by atoms with Crippen LogP contribution in [-0.4, -0.2) is 30.4 Å². The number of fused-ring (bicyclic) bond motifs is 1. The Kier molecular flexibility index (Phi) is 6.13. The molecule has 1 N–H and O–H groups in total. The minimum Gasteiger partial charge on any atom is -0.488 e. The van der Waals surface area contributed by atoms with Crippen molar-refractivity contribution in [3.8, 4) is 11.5 Å². The van der Waals surface area contributed by atoms with Crippen LogP contribution in [0.5, 0.6) is 11.5 Å². The Bertz CT molecular complexity index is 924. The van der Waals surface area contributed by atoms with Gasteiger partial charge in [-0.1, -0.05) is 6.07 Å². The van der Waals surface area contributed by atoms with E-state index in [1.54, 1.807) is 7.11 Å². The van der Waals surface area contributed by atoms with Crippen molar-refractivity contribution in [3.05, 3.63) is 57.9 Å². The maximum Gasteiger partial charge on any atom is 0.303 e. The molecule has 1 heterocycles. The molecule has 0 aliphatic carbocycles. The van der Waals surface area contributed by atoms with E-state index in [1.165, 1.54) is 12.1 Å². The van der Waals surface area contributed by atoms with Gasteiger partial charge in [0.25, 0.3) is 0 Å². The van der Waals surface area contributed by atoms with Gasteiger partial charge in [-0.05, 0) is 62.1 Å². The third-order valence-electron chi connectivity index (χ3n) is 5.41. The lowest BCUT2D eigenvalue weighted by Crippen LogP contribution is -2.35. The second-order valence-corrected chi connectivity index (χ2v) is 7.87. The van der Waals surface area contributed by atoms with Gasteiger partial charge in [-0.2, -0.15) is 0 Å². The molecule has 29 heavy (non-hydrogen) atoms. The average molecular weight is 402 g/mol. The number of halogens is 1. The van der Waals surface area contributed by atoms with E-state index in [0.717, 1.165) is 22.3 Å². The standard InChI is InChI=1S/C23H27FO5/c1-14-15(2)20(7-5-16(14)6-8-21(25)26)28-12-18-10-19(24)9-17-11-23(3,13-27-4)29-22(17)18/h5,7,9-10H,6,8,11-13H2,1-4H3,(H,25,26). The van der Waals surface area contributed by atoms with Crippen molar-refractivity contribution < 1.29 is 28.5 Å². The molecule has 1 unspecified atom stereocenters. The molecule has 1 atom stereocenters. The Balaban J connectivity index is 1.78. The zero-order valence-electron chi connectivity index (χ0n) is 17.3. The number of carboxylic acids is 1. The van der Waals surface area contributed by atoms with Crippen LogP contribution in [0, 0.1) is 19.7 Å². The molecule has 0 aromatic heterocycles. The smallest absolute Gasteiger partial charge is 0.303 e. The third kappa shape index (κ3) is 4.70. The van der Waals surface area contributed by atoms with Crippen molar-refractivity contribution in [1.29, 1.82) is 0 Å². The molecule has 5 nitrogen and oxygen atoms in total. The third-order valence-corrected chi connectivity index (χ3v) is 5.41. The van der Waals surface area contributed by atoms with E-state index in [-0.39, 0.29) is 18.8 Å². The average Bonchev–Trinajstić information content (AvgIpc) is 2.97. The number of hydrogen-bond donors (Lipinski definition) is 1. The molecule has 6 heteroatoms. The molecule has 0 saturated carbocycles. The van der Waals surface area contributed by atoms with Gasteiger partial charge in [-0.3, -0.25) is 4.79 Å². The van der Waals surface area contributed by atoms with Crippen molar-refractivity contribution in [2.75, 3.05) is 13.7 Å². The van der Waals surface area contributed by atoms with Crippen molar-refractivity contribution in [2.24, 2.45) is 0 Å². The molecule has 0 spiro atoms. The molecule has 156 valence electrons. The Hall–Kier alpha value is -2.60. The lowest BCUT2D eigenvalue weighted by molar-refractivity contribution is -0.136. The highest BCUT2D eigenvalue weighted by Gasteiger charge is 2.36. The summed E-state index contributed by atoms with van der Waals surface area (Å²) in [5.41, 5.74) is 3.91. The van der Waals surface area contributed by atoms with Crippen LogP contribution in [0.15, 0.2) is 24.3 Å². The van der Waals surface area contributed by atoms with E-state index in [0.29, 0.717) is 36.5 Å². The zero-order valence-corrected chi connectivity index (χ0v) is 17.3. The SMILES string of the molecule is COCC1(C)Cc2cc(F)cc(COc3ccc(CCC(=O)O)c(C)c3C)c2O1. The van der Waals surface area contributed by atoms with E-state index >= 15 is 0 Å². The highest BCUT2D eigenvalue weighted by molar-refractivity contribution is 5.67. The molecule has 2 aromatic carbocycles. The van der Waals surface area contributed by atoms with E-state index in [2.05, 4.69) is 0 Å². The number of rotatable bonds is 8. The van der Waals surface area contributed by atoms with Gasteiger partial charge in [-0.25, -0.2) is 4.39 Å². The summed E-state index contributed by atoms with van der Waals surface area (Å²) >= 11 is 0. The van der Waals surface area contributed by atoms with Crippen LogP contribution in [0.3, 0.4) is 0 Å². The number of ether oxygens (including phenoxy) is 3. The second kappa shape index (κ2) is 8.41. The summed E-state index contributed by atoms with van der Waals surface area (Å²) in [6, 6.07) is 6.69. The van der Waals surface area contributed by atoms with Gasteiger partial charge in [0.1, 0.15) is 29.5 Å². The normalized spacial score (nSPS) is 17.7. The van der Waals surface area contributed by atoms with Crippen LogP contribution < -0.4 is 9.47 Å². The van der Waals surface area contributed by atoms with E-state index in [1.807, 2.05) is 32.9 Å². The van der Waals surface area contributed by atoms with Gasteiger partial charge in [0, 0.05) is 31.1 Å². The molecule has 0 saturated heterocycles. The number of aliphatic carboxylic acids is 1. The Morgan fingerprint density at radius 3 is 2.69 bits per heavy atom. The molecule has 1 aliphatic heterocycles. The molecule has 0 bridgehead atoms. The van der Waals surface area contributed by atoms with Crippen molar-refractivity contribution in [1.82, 2.24) is 0 Å².